The minimum Gasteiger partial charge on any atom is -0.329 e. The first-order valence-electron chi connectivity index (χ1n) is 6.50. The molecule has 0 aliphatic rings. The summed E-state index contributed by atoms with van der Waals surface area (Å²) in [5.41, 5.74) is 11.6. The van der Waals surface area contributed by atoms with Gasteiger partial charge in [-0.2, -0.15) is 0 Å². The number of unbranched alkanes of at least 4 members (excludes halogenated alkanes) is 2. The van der Waals surface area contributed by atoms with Crippen LogP contribution in [0.3, 0.4) is 0 Å². The van der Waals surface area contributed by atoms with Crippen molar-refractivity contribution in [1.82, 2.24) is 0 Å². The Bertz CT molecular complexity index is 129. The Morgan fingerprint density at radius 2 is 1.19 bits per heavy atom. The Labute approximate surface area is 109 Å². The van der Waals surface area contributed by atoms with Gasteiger partial charge in [0.1, 0.15) is 0 Å². The summed E-state index contributed by atoms with van der Waals surface area (Å²) < 4.78 is 0. The van der Waals surface area contributed by atoms with Crippen LogP contribution in [0.4, 0.5) is 0 Å². The molecule has 0 heterocycles. The molecule has 0 saturated carbocycles. The monoisotopic (exact) mass is 264 g/mol. The summed E-state index contributed by atoms with van der Waals surface area (Å²) in [6.07, 6.45) is 7.59. The second-order valence-electron chi connectivity index (χ2n) is 4.19. The zero-order valence-corrected chi connectivity index (χ0v) is 12.4. The quantitative estimate of drug-likeness (QED) is 0.562. The average Bonchev–Trinajstić information content (AvgIpc) is 2.33. The SMILES string of the molecule is CCCCC(CN)SSC(CN)CCCC. The zero-order chi connectivity index (χ0) is 12.2. The third-order valence-corrected chi connectivity index (χ3v) is 6.09. The van der Waals surface area contributed by atoms with Crippen LogP contribution < -0.4 is 11.5 Å². The highest BCUT2D eigenvalue weighted by Crippen LogP contribution is 2.34. The highest BCUT2D eigenvalue weighted by Gasteiger charge is 2.12. The fraction of sp³-hybridized carbons (Fsp3) is 1.00. The molecule has 0 aliphatic carbocycles. The molecule has 0 aromatic carbocycles. The highest BCUT2D eigenvalue weighted by molar-refractivity contribution is 8.77. The molecular formula is C12H28N2S2. The van der Waals surface area contributed by atoms with Gasteiger partial charge in [-0.15, -0.1) is 0 Å². The number of nitrogens with two attached hydrogens (primary N) is 2. The molecule has 4 N–H and O–H groups in total. The van der Waals surface area contributed by atoms with Crippen LogP contribution in [0, 0.1) is 0 Å². The molecule has 16 heavy (non-hydrogen) atoms. The maximum Gasteiger partial charge on any atom is 0.0274 e. The molecule has 2 unspecified atom stereocenters. The van der Waals surface area contributed by atoms with Gasteiger partial charge in [-0.1, -0.05) is 61.1 Å². The van der Waals surface area contributed by atoms with Gasteiger partial charge < -0.3 is 11.5 Å². The van der Waals surface area contributed by atoms with E-state index in [0.29, 0.717) is 10.5 Å². The third-order valence-electron chi connectivity index (χ3n) is 2.61. The van der Waals surface area contributed by atoms with Gasteiger partial charge in [0, 0.05) is 23.6 Å². The number of hydrogen-bond donors (Lipinski definition) is 2. The molecule has 0 amide bonds. The van der Waals surface area contributed by atoms with Crippen LogP contribution in [0.25, 0.3) is 0 Å². The molecule has 0 aromatic rings. The van der Waals surface area contributed by atoms with Crippen molar-refractivity contribution >= 4 is 21.6 Å². The van der Waals surface area contributed by atoms with E-state index in [9.17, 15) is 0 Å². The molecule has 0 aromatic heterocycles. The molecule has 98 valence electrons. The molecule has 4 heteroatoms. The Morgan fingerprint density at radius 1 is 0.812 bits per heavy atom. The van der Waals surface area contributed by atoms with Gasteiger partial charge >= 0.3 is 0 Å². The summed E-state index contributed by atoms with van der Waals surface area (Å²) in [6.45, 7) is 6.05. The molecule has 2 nitrogen and oxygen atoms in total. The van der Waals surface area contributed by atoms with E-state index in [0.717, 1.165) is 13.1 Å². The molecule has 0 rings (SSSR count). The normalized spacial score (nSPS) is 15.0. The lowest BCUT2D eigenvalue weighted by Crippen LogP contribution is -2.19. The third kappa shape index (κ3) is 8.74. The lowest BCUT2D eigenvalue weighted by Gasteiger charge is -2.18. The fourth-order valence-electron chi connectivity index (χ4n) is 1.43. The van der Waals surface area contributed by atoms with Crippen LogP contribution in [0.2, 0.25) is 0 Å². The fourth-order valence-corrected chi connectivity index (χ4v) is 4.42. The highest BCUT2D eigenvalue weighted by atomic mass is 33.1. The maximum absolute atomic E-state index is 5.78. The van der Waals surface area contributed by atoms with Crippen LogP contribution >= 0.6 is 21.6 Å². The number of hydrogen-bond acceptors (Lipinski definition) is 4. The molecule has 0 spiro atoms. The number of rotatable bonds is 11. The molecule has 0 radical (unpaired) electrons. The van der Waals surface area contributed by atoms with E-state index in [1.165, 1.54) is 38.5 Å². The van der Waals surface area contributed by atoms with Crippen LogP contribution in [0.5, 0.6) is 0 Å². The molecule has 0 aliphatic heterocycles. The minimum atomic E-state index is 0.612. The van der Waals surface area contributed by atoms with Crippen molar-refractivity contribution in [2.24, 2.45) is 11.5 Å². The topological polar surface area (TPSA) is 52.0 Å². The van der Waals surface area contributed by atoms with E-state index < -0.39 is 0 Å². The second kappa shape index (κ2) is 12.1. The molecule has 0 fully saturated rings. The zero-order valence-electron chi connectivity index (χ0n) is 10.8. The molecule has 0 bridgehead atoms. The standard InChI is InChI=1S/C12H28N2S2/c1-3-5-7-11(9-13)15-16-12(10-14)8-6-4-2/h11-12H,3-10,13-14H2,1-2H3. The predicted molar refractivity (Wildman–Crippen MR) is 79.9 cm³/mol. The lowest BCUT2D eigenvalue weighted by atomic mass is 10.2. The van der Waals surface area contributed by atoms with E-state index in [2.05, 4.69) is 13.8 Å². The first kappa shape index (κ1) is 16.6. The smallest absolute Gasteiger partial charge is 0.0274 e. The molecule has 0 saturated heterocycles. The van der Waals surface area contributed by atoms with Crippen LogP contribution in [0.15, 0.2) is 0 Å². The van der Waals surface area contributed by atoms with Gasteiger partial charge in [0.2, 0.25) is 0 Å². The van der Waals surface area contributed by atoms with E-state index in [1.807, 2.05) is 21.6 Å². The summed E-state index contributed by atoms with van der Waals surface area (Å²) >= 11 is 0. The minimum absolute atomic E-state index is 0.612. The van der Waals surface area contributed by atoms with Crippen LogP contribution in [-0.4, -0.2) is 23.6 Å². The lowest BCUT2D eigenvalue weighted by molar-refractivity contribution is 0.686. The second-order valence-corrected chi connectivity index (χ2v) is 7.07. The Balaban J connectivity index is 3.69. The van der Waals surface area contributed by atoms with Gasteiger partial charge in [0.25, 0.3) is 0 Å². The molecular weight excluding hydrogens is 236 g/mol. The van der Waals surface area contributed by atoms with Gasteiger partial charge in [-0.05, 0) is 12.8 Å². The van der Waals surface area contributed by atoms with Gasteiger partial charge in [-0.3, -0.25) is 0 Å². The summed E-state index contributed by atoms with van der Waals surface area (Å²) in [6, 6.07) is 0. The molecule has 2 atom stereocenters. The van der Waals surface area contributed by atoms with Gasteiger partial charge in [-0.25, -0.2) is 0 Å². The van der Waals surface area contributed by atoms with E-state index in [-0.39, 0.29) is 0 Å². The van der Waals surface area contributed by atoms with Crippen molar-refractivity contribution in [3.8, 4) is 0 Å². The van der Waals surface area contributed by atoms with Crippen LogP contribution in [-0.2, 0) is 0 Å². The van der Waals surface area contributed by atoms with Crippen molar-refractivity contribution in [1.29, 1.82) is 0 Å². The first-order chi connectivity index (χ1) is 7.78. The average molecular weight is 265 g/mol. The van der Waals surface area contributed by atoms with Gasteiger partial charge in [0.15, 0.2) is 0 Å². The van der Waals surface area contributed by atoms with E-state index in [4.69, 9.17) is 11.5 Å². The van der Waals surface area contributed by atoms with Crippen molar-refractivity contribution < 1.29 is 0 Å². The van der Waals surface area contributed by atoms with Crippen molar-refractivity contribution in [3.63, 3.8) is 0 Å². The van der Waals surface area contributed by atoms with Crippen LogP contribution in [0.1, 0.15) is 52.4 Å². The van der Waals surface area contributed by atoms with Crippen molar-refractivity contribution in [2.45, 2.75) is 62.9 Å². The van der Waals surface area contributed by atoms with E-state index >= 15 is 0 Å². The summed E-state index contributed by atoms with van der Waals surface area (Å²) in [5, 5.41) is 1.22. The Hall–Kier alpha value is 0.620. The largest absolute Gasteiger partial charge is 0.329 e. The first-order valence-corrected chi connectivity index (χ1v) is 8.78. The Morgan fingerprint density at radius 3 is 1.44 bits per heavy atom. The predicted octanol–water partition coefficient (Wildman–Crippen LogP) is 3.40. The van der Waals surface area contributed by atoms with Crippen molar-refractivity contribution in [2.75, 3.05) is 13.1 Å². The summed E-state index contributed by atoms with van der Waals surface area (Å²) in [5.74, 6) is 0. The summed E-state index contributed by atoms with van der Waals surface area (Å²) in [4.78, 5) is 0. The van der Waals surface area contributed by atoms with E-state index in [1.54, 1.807) is 0 Å². The van der Waals surface area contributed by atoms with Crippen molar-refractivity contribution in [3.05, 3.63) is 0 Å². The van der Waals surface area contributed by atoms with Gasteiger partial charge in [0.05, 0.1) is 0 Å². The Kier molecular flexibility index (Phi) is 12.6. The summed E-state index contributed by atoms with van der Waals surface area (Å²) in [7, 11) is 3.91. The maximum atomic E-state index is 5.78.